The normalized spacial score (nSPS) is 13.3. The van der Waals surface area contributed by atoms with Gasteiger partial charge in [-0.3, -0.25) is 0 Å². The highest BCUT2D eigenvalue weighted by molar-refractivity contribution is 6.86. The second-order valence-corrected chi connectivity index (χ2v) is 13.9. The molecule has 190 valence electrons. The van der Waals surface area contributed by atoms with Crippen LogP contribution < -0.4 is 10.9 Å². The van der Waals surface area contributed by atoms with Crippen LogP contribution in [0, 0.1) is 0 Å². The number of rotatable bonds is 8. The quantitative estimate of drug-likeness (QED) is 0.230. The number of imidazole rings is 1. The first-order valence-corrected chi connectivity index (χ1v) is 15.4. The lowest BCUT2D eigenvalue weighted by atomic mass is 9.37. The number of hydrogen-bond donors (Lipinski definition) is 0. The van der Waals surface area contributed by atoms with Crippen LogP contribution in [0.2, 0.25) is 11.4 Å². The molecule has 2 nitrogen and oxygen atoms in total. The van der Waals surface area contributed by atoms with Crippen molar-refractivity contribution in [3.05, 3.63) is 151 Å². The van der Waals surface area contributed by atoms with Gasteiger partial charge in [-0.25, -0.2) is 4.98 Å². The maximum Gasteiger partial charge on any atom is 0.212 e. The van der Waals surface area contributed by atoms with Crippen molar-refractivity contribution in [2.45, 2.75) is 43.2 Å². The molecule has 38 heavy (non-hydrogen) atoms. The zero-order chi connectivity index (χ0) is 26.2. The maximum absolute atomic E-state index is 4.33. The van der Waals surface area contributed by atoms with Gasteiger partial charge in [0.1, 0.15) is 0 Å². The van der Waals surface area contributed by atoms with Crippen molar-refractivity contribution in [1.82, 2.24) is 9.55 Å². The summed E-state index contributed by atoms with van der Waals surface area (Å²) in [4.78, 5) is 4.33. The molecule has 1 aromatic heterocycles. The standard InChI is InChI=1S/C19H22N2Si.C15H15B/c1-16(2)22-19(21-14-13-20-15-21,17-9-5-3-6-10-17)18-11-7-4-8-12-18;1-3-7-13(8-4-1)16(15-11-12-15)14-9-5-2-6-10-14/h3-16H,22H2,1-2H3;1-10,15H,11-12H2. The van der Waals surface area contributed by atoms with Crippen LogP contribution in [0.5, 0.6) is 0 Å². The number of nitrogens with zero attached hydrogens (tertiary/aromatic N) is 2. The lowest BCUT2D eigenvalue weighted by molar-refractivity contribution is 0.585. The second kappa shape index (κ2) is 12.3. The minimum absolute atomic E-state index is 0.0762. The second-order valence-electron chi connectivity index (χ2n) is 10.8. The maximum atomic E-state index is 4.33. The molecule has 6 rings (SSSR count). The summed E-state index contributed by atoms with van der Waals surface area (Å²) in [6.07, 6.45) is 8.73. The summed E-state index contributed by atoms with van der Waals surface area (Å²) in [6, 6.07) is 43.6. The van der Waals surface area contributed by atoms with Crippen LogP contribution in [0.4, 0.5) is 0 Å². The summed E-state index contributed by atoms with van der Waals surface area (Å²) in [6.45, 7) is 5.29. The summed E-state index contributed by atoms with van der Waals surface area (Å²) < 4.78 is 2.31. The smallest absolute Gasteiger partial charge is 0.212 e. The molecule has 4 aromatic carbocycles. The van der Waals surface area contributed by atoms with Gasteiger partial charge in [0.25, 0.3) is 0 Å². The third-order valence-electron chi connectivity index (χ3n) is 7.56. The highest BCUT2D eigenvalue weighted by Crippen LogP contribution is 2.39. The van der Waals surface area contributed by atoms with E-state index in [2.05, 4.69) is 151 Å². The molecule has 0 aliphatic heterocycles. The molecule has 1 heterocycles. The predicted molar refractivity (Wildman–Crippen MR) is 166 cm³/mol. The first kappa shape index (κ1) is 26.0. The van der Waals surface area contributed by atoms with Crippen molar-refractivity contribution in [3.63, 3.8) is 0 Å². The van der Waals surface area contributed by atoms with E-state index in [0.29, 0.717) is 12.3 Å². The van der Waals surface area contributed by atoms with E-state index in [-0.39, 0.29) is 5.16 Å². The van der Waals surface area contributed by atoms with Crippen LogP contribution in [0.3, 0.4) is 0 Å². The van der Waals surface area contributed by atoms with Crippen LogP contribution in [-0.4, -0.2) is 25.8 Å². The first-order valence-electron chi connectivity index (χ1n) is 13.9. The van der Waals surface area contributed by atoms with Gasteiger partial charge in [-0.05, 0) is 11.1 Å². The highest BCUT2D eigenvalue weighted by atomic mass is 28.2. The van der Waals surface area contributed by atoms with Gasteiger partial charge in [0, 0.05) is 12.4 Å². The molecule has 4 heteroatoms. The van der Waals surface area contributed by atoms with Crippen molar-refractivity contribution < 1.29 is 0 Å². The molecule has 0 amide bonds. The third kappa shape index (κ3) is 5.92. The average molecular weight is 513 g/mol. The van der Waals surface area contributed by atoms with Crippen LogP contribution >= 0.6 is 0 Å². The fourth-order valence-electron chi connectivity index (χ4n) is 5.80. The van der Waals surface area contributed by atoms with Crippen molar-refractivity contribution >= 4 is 27.2 Å². The van der Waals surface area contributed by atoms with Crippen molar-refractivity contribution in [2.24, 2.45) is 0 Å². The Morgan fingerprint density at radius 2 is 1.16 bits per heavy atom. The topological polar surface area (TPSA) is 17.8 Å². The summed E-state index contributed by atoms with van der Waals surface area (Å²) in [5, 5.41) is -0.0762. The fourth-order valence-corrected chi connectivity index (χ4v) is 8.32. The number of hydrogen-bond acceptors (Lipinski definition) is 1. The van der Waals surface area contributed by atoms with Gasteiger partial charge in [0.2, 0.25) is 6.71 Å². The summed E-state index contributed by atoms with van der Waals surface area (Å²) in [7, 11) is -0.489. The molecular formula is C34H37BN2Si. The molecule has 0 bridgehead atoms. The van der Waals surface area contributed by atoms with E-state index in [4.69, 9.17) is 0 Å². The van der Waals surface area contributed by atoms with E-state index in [1.54, 1.807) is 0 Å². The lowest BCUT2D eigenvalue weighted by Gasteiger charge is -2.38. The molecule has 0 N–H and O–H groups in total. The molecule has 0 saturated heterocycles. The van der Waals surface area contributed by atoms with E-state index >= 15 is 0 Å². The number of aromatic nitrogens is 2. The summed E-state index contributed by atoms with van der Waals surface area (Å²) in [5.74, 6) is 0.866. The van der Waals surface area contributed by atoms with Gasteiger partial charge in [0.15, 0.2) is 0 Å². The molecule has 0 spiro atoms. The Bertz CT molecular complexity index is 1270. The minimum atomic E-state index is -0.489. The largest absolute Gasteiger partial charge is 0.327 e. The van der Waals surface area contributed by atoms with Crippen LogP contribution in [0.25, 0.3) is 0 Å². The molecular weight excluding hydrogens is 475 g/mol. The van der Waals surface area contributed by atoms with Crippen molar-refractivity contribution in [2.75, 3.05) is 0 Å². The fraction of sp³-hybridized carbons (Fsp3) is 0.206. The summed E-state index contributed by atoms with van der Waals surface area (Å²) >= 11 is 0. The zero-order valence-electron chi connectivity index (χ0n) is 22.5. The molecule has 1 saturated carbocycles. The molecule has 1 fully saturated rings. The van der Waals surface area contributed by atoms with Gasteiger partial charge in [0.05, 0.1) is 21.0 Å². The van der Waals surface area contributed by atoms with Crippen molar-refractivity contribution in [1.29, 1.82) is 0 Å². The van der Waals surface area contributed by atoms with Crippen LogP contribution in [0.1, 0.15) is 37.8 Å². The number of benzene rings is 4. The zero-order valence-corrected chi connectivity index (χ0v) is 23.9. The minimum Gasteiger partial charge on any atom is -0.327 e. The lowest BCUT2D eigenvalue weighted by Crippen LogP contribution is -2.42. The Labute approximate surface area is 230 Å². The monoisotopic (exact) mass is 512 g/mol. The average Bonchev–Trinajstić information content (AvgIpc) is 3.65. The van der Waals surface area contributed by atoms with Gasteiger partial charge >= 0.3 is 0 Å². The van der Waals surface area contributed by atoms with Gasteiger partial charge in [-0.1, -0.05) is 170 Å². The Balaban J connectivity index is 0.000000162. The molecule has 5 aromatic rings. The Morgan fingerprint density at radius 1 is 0.711 bits per heavy atom. The Kier molecular flexibility index (Phi) is 8.40. The van der Waals surface area contributed by atoms with E-state index < -0.39 is 9.52 Å². The SMILES string of the molecule is CC(C)[SiH2]C(c1ccccc1)(c1ccccc1)n1ccnc1.c1ccc(B(c2ccccc2)C2CC2)cc1. The van der Waals surface area contributed by atoms with E-state index in [1.165, 1.54) is 34.9 Å². The van der Waals surface area contributed by atoms with E-state index in [9.17, 15) is 0 Å². The first-order chi connectivity index (χ1) is 18.7. The van der Waals surface area contributed by atoms with E-state index in [1.807, 2.05) is 12.5 Å². The third-order valence-corrected chi connectivity index (χ3v) is 10.2. The Hall–Kier alpha value is -3.63. The van der Waals surface area contributed by atoms with Crippen molar-refractivity contribution in [3.8, 4) is 0 Å². The Morgan fingerprint density at radius 3 is 1.53 bits per heavy atom. The van der Waals surface area contributed by atoms with Crippen LogP contribution in [0.15, 0.2) is 140 Å². The molecule has 1 aliphatic rings. The molecule has 0 unspecified atom stereocenters. The van der Waals surface area contributed by atoms with Crippen LogP contribution in [-0.2, 0) is 5.16 Å². The van der Waals surface area contributed by atoms with Gasteiger partial charge in [-0.15, -0.1) is 0 Å². The van der Waals surface area contributed by atoms with E-state index in [0.717, 1.165) is 5.82 Å². The summed E-state index contributed by atoms with van der Waals surface area (Å²) in [5.41, 5.74) is 6.36. The predicted octanol–water partition coefficient (Wildman–Crippen LogP) is 6.09. The van der Waals surface area contributed by atoms with Gasteiger partial charge < -0.3 is 4.57 Å². The highest BCUT2D eigenvalue weighted by Gasteiger charge is 2.37. The van der Waals surface area contributed by atoms with Gasteiger partial charge in [-0.2, -0.15) is 0 Å². The molecule has 1 aliphatic carbocycles. The molecule has 0 atom stereocenters. The molecule has 0 radical (unpaired) electrons.